The third kappa shape index (κ3) is 8.23. The molecular weight excluding hydrogens is 520 g/mol. The maximum atomic E-state index is 13.3. The molecule has 0 spiro atoms. The SMILES string of the molecule is COC1=C2C[C@@H](C)C[C@@H](OC)[C@@H](O)[C@H](C)/C=C(/C)[C@@H](OC(N)=O)[C@H](OC)/C=C\C=C(\C)C(=O)NC(=CC1=O)C2=O. The maximum Gasteiger partial charge on any atom is 0.405 e. The van der Waals surface area contributed by atoms with Crippen LogP contribution in [0.25, 0.3) is 0 Å². The predicted molar refractivity (Wildman–Crippen MR) is 147 cm³/mol. The maximum absolute atomic E-state index is 13.3. The van der Waals surface area contributed by atoms with Gasteiger partial charge in [-0.2, -0.15) is 0 Å². The number of carbonyl (C=O) groups excluding carboxylic acids is 4. The normalized spacial score (nSPS) is 32.7. The molecule has 0 aromatic carbocycles. The van der Waals surface area contributed by atoms with Crippen molar-refractivity contribution in [2.75, 3.05) is 21.3 Å². The zero-order chi connectivity index (χ0) is 30.1. The van der Waals surface area contributed by atoms with E-state index in [1.807, 2.05) is 6.92 Å². The first-order valence-corrected chi connectivity index (χ1v) is 13.0. The van der Waals surface area contributed by atoms with Gasteiger partial charge in [-0.25, -0.2) is 4.79 Å². The molecule has 11 nitrogen and oxygen atoms in total. The summed E-state index contributed by atoms with van der Waals surface area (Å²) in [7, 11) is 4.21. The zero-order valence-electron chi connectivity index (χ0n) is 24.1. The van der Waals surface area contributed by atoms with Gasteiger partial charge in [0.15, 0.2) is 11.9 Å². The van der Waals surface area contributed by atoms with Gasteiger partial charge in [0.2, 0.25) is 11.6 Å². The molecule has 40 heavy (non-hydrogen) atoms. The Labute approximate surface area is 234 Å². The van der Waals surface area contributed by atoms with Crippen LogP contribution in [0.4, 0.5) is 4.79 Å². The highest BCUT2D eigenvalue weighted by molar-refractivity contribution is 6.23. The number of ether oxygens (including phenoxy) is 4. The Bertz CT molecular complexity index is 1150. The summed E-state index contributed by atoms with van der Waals surface area (Å²) in [6.45, 7) is 6.92. The van der Waals surface area contributed by atoms with Gasteiger partial charge < -0.3 is 35.1 Å². The largest absolute Gasteiger partial charge is 0.492 e. The van der Waals surface area contributed by atoms with Crippen LogP contribution < -0.4 is 11.1 Å². The number of hydrogen-bond acceptors (Lipinski definition) is 9. The molecule has 0 aromatic heterocycles. The molecule has 2 bridgehead atoms. The van der Waals surface area contributed by atoms with Crippen LogP contribution in [0.1, 0.15) is 40.5 Å². The minimum Gasteiger partial charge on any atom is -0.492 e. The molecule has 1 aliphatic heterocycles. The number of primary amides is 1. The van der Waals surface area contributed by atoms with E-state index < -0.39 is 53.9 Å². The minimum absolute atomic E-state index is 0.0801. The molecule has 220 valence electrons. The molecule has 0 unspecified atom stereocenters. The molecule has 0 saturated carbocycles. The summed E-state index contributed by atoms with van der Waals surface area (Å²) in [5, 5.41) is 13.7. The predicted octanol–water partition coefficient (Wildman–Crippen LogP) is 2.41. The van der Waals surface area contributed by atoms with Gasteiger partial charge >= 0.3 is 6.09 Å². The summed E-state index contributed by atoms with van der Waals surface area (Å²) < 4.78 is 21.7. The average molecular weight is 561 g/mol. The molecule has 2 amide bonds. The summed E-state index contributed by atoms with van der Waals surface area (Å²) in [4.78, 5) is 50.6. The van der Waals surface area contributed by atoms with Crippen molar-refractivity contribution in [3.8, 4) is 0 Å². The fraction of sp³-hybridized carbons (Fsp3) is 0.517. The number of allylic oxidation sites excluding steroid dienone is 4. The molecule has 0 fully saturated rings. The zero-order valence-corrected chi connectivity index (χ0v) is 24.1. The van der Waals surface area contributed by atoms with Crippen molar-refractivity contribution in [3.63, 3.8) is 0 Å². The van der Waals surface area contributed by atoms with Gasteiger partial charge in [0.05, 0.1) is 25.0 Å². The molecule has 2 rings (SSSR count). The quantitative estimate of drug-likeness (QED) is 0.346. The smallest absolute Gasteiger partial charge is 0.405 e. The minimum atomic E-state index is -1.00. The number of amides is 2. The molecule has 0 radical (unpaired) electrons. The molecule has 6 atom stereocenters. The molecule has 11 heteroatoms. The number of fused-ring (bicyclic) bond motifs is 2. The summed E-state index contributed by atoms with van der Waals surface area (Å²) in [6, 6.07) is 0. The third-order valence-electron chi connectivity index (χ3n) is 6.95. The fourth-order valence-electron chi connectivity index (χ4n) is 4.78. The van der Waals surface area contributed by atoms with Gasteiger partial charge in [0.25, 0.3) is 5.91 Å². The van der Waals surface area contributed by atoms with Crippen LogP contribution in [0.15, 0.2) is 58.6 Å². The van der Waals surface area contributed by atoms with Gasteiger partial charge in [-0.05, 0) is 38.2 Å². The number of carbonyl (C=O) groups is 4. The monoisotopic (exact) mass is 560 g/mol. The molecule has 4 N–H and O–H groups in total. The highest BCUT2D eigenvalue weighted by atomic mass is 16.6. The molecule has 2 aliphatic rings. The Hall–Kier alpha value is -3.54. The fourth-order valence-corrected chi connectivity index (χ4v) is 4.78. The van der Waals surface area contributed by atoms with Gasteiger partial charge in [-0.1, -0.05) is 38.2 Å². The van der Waals surface area contributed by atoms with Gasteiger partial charge in [-0.3, -0.25) is 14.4 Å². The first-order chi connectivity index (χ1) is 18.8. The average Bonchev–Trinajstić information content (AvgIpc) is 2.90. The van der Waals surface area contributed by atoms with Crippen LogP contribution in [0.3, 0.4) is 0 Å². The second-order valence-electron chi connectivity index (χ2n) is 10.1. The second-order valence-corrected chi connectivity index (χ2v) is 10.1. The molecule has 1 heterocycles. The second kappa shape index (κ2) is 14.7. The number of rotatable bonds is 4. The van der Waals surface area contributed by atoms with Gasteiger partial charge in [0, 0.05) is 37.4 Å². The van der Waals surface area contributed by atoms with E-state index in [4.69, 9.17) is 24.7 Å². The van der Waals surface area contributed by atoms with E-state index in [9.17, 15) is 24.3 Å². The molecule has 0 saturated heterocycles. The number of hydrogen-bond donors (Lipinski definition) is 3. The van der Waals surface area contributed by atoms with Crippen LogP contribution in [-0.2, 0) is 33.3 Å². The Morgan fingerprint density at radius 3 is 2.35 bits per heavy atom. The lowest BCUT2D eigenvalue weighted by molar-refractivity contribution is -0.120. The first-order valence-electron chi connectivity index (χ1n) is 13.0. The van der Waals surface area contributed by atoms with Crippen molar-refractivity contribution in [3.05, 3.63) is 58.6 Å². The number of Topliss-reactive ketones (excluding diaryl/α,β-unsaturated/α-hetero) is 1. The molecular formula is C29H40N2O9. The Morgan fingerprint density at radius 1 is 1.10 bits per heavy atom. The van der Waals surface area contributed by atoms with Crippen molar-refractivity contribution in [1.29, 1.82) is 0 Å². The van der Waals surface area contributed by atoms with E-state index >= 15 is 0 Å². The topological polar surface area (TPSA) is 163 Å². The summed E-state index contributed by atoms with van der Waals surface area (Å²) in [5.41, 5.74) is 6.12. The standard InChI is InChI=1S/C29H40N2O9/c1-15-11-19-25(34)20(14-21(32)27(19)39-7)31-28(35)16(2)9-8-10-22(37-5)26(40-29(30)36)18(4)13-17(3)24(33)23(12-15)38-6/h8-10,13-15,17,22-24,26,33H,11-12H2,1-7H3,(H2,30,36)(H,31,35)/b10-8-,16-9-,18-13-/t15-,17-,22-,23-,24+,26-/m1/s1. The number of nitrogens with one attached hydrogen (secondary N) is 1. The van der Waals surface area contributed by atoms with Crippen molar-refractivity contribution in [1.82, 2.24) is 5.32 Å². The first kappa shape index (κ1) is 32.7. The number of aliphatic hydroxyl groups is 1. The van der Waals surface area contributed by atoms with E-state index in [2.05, 4.69) is 5.32 Å². The van der Waals surface area contributed by atoms with E-state index in [-0.39, 0.29) is 34.9 Å². The van der Waals surface area contributed by atoms with Crippen molar-refractivity contribution in [2.24, 2.45) is 17.6 Å². The number of aliphatic hydroxyl groups excluding tert-OH is 1. The Kier molecular flexibility index (Phi) is 12.0. The number of ketones is 2. The van der Waals surface area contributed by atoms with E-state index in [1.165, 1.54) is 34.3 Å². The summed E-state index contributed by atoms with van der Waals surface area (Å²) in [6.07, 6.45) is 3.61. The Balaban J connectivity index is 2.60. The highest BCUT2D eigenvalue weighted by Gasteiger charge is 2.34. The summed E-state index contributed by atoms with van der Waals surface area (Å²) in [5.74, 6) is -2.39. The van der Waals surface area contributed by atoms with Crippen molar-refractivity contribution in [2.45, 2.75) is 65.0 Å². The lowest BCUT2D eigenvalue weighted by atomic mass is 9.85. The van der Waals surface area contributed by atoms with Gasteiger partial charge in [-0.15, -0.1) is 0 Å². The van der Waals surface area contributed by atoms with Crippen LogP contribution in [0.5, 0.6) is 0 Å². The van der Waals surface area contributed by atoms with Crippen LogP contribution in [0, 0.1) is 11.8 Å². The lowest BCUT2D eigenvalue weighted by Gasteiger charge is -2.29. The van der Waals surface area contributed by atoms with E-state index in [1.54, 1.807) is 32.1 Å². The van der Waals surface area contributed by atoms with E-state index in [0.29, 0.717) is 12.0 Å². The Morgan fingerprint density at radius 2 is 1.77 bits per heavy atom. The molecule has 0 aromatic rings. The van der Waals surface area contributed by atoms with Crippen LogP contribution >= 0.6 is 0 Å². The van der Waals surface area contributed by atoms with Crippen molar-refractivity contribution < 1.29 is 43.2 Å². The number of methoxy groups -OCH3 is 3. The van der Waals surface area contributed by atoms with Gasteiger partial charge in [0.1, 0.15) is 6.10 Å². The third-order valence-corrected chi connectivity index (χ3v) is 6.95. The summed E-state index contributed by atoms with van der Waals surface area (Å²) >= 11 is 0. The molecule has 1 aliphatic carbocycles. The van der Waals surface area contributed by atoms with E-state index in [0.717, 1.165) is 6.08 Å². The van der Waals surface area contributed by atoms with Crippen LogP contribution in [-0.4, -0.2) is 74.4 Å². The highest BCUT2D eigenvalue weighted by Crippen LogP contribution is 2.29. The van der Waals surface area contributed by atoms with Crippen molar-refractivity contribution >= 4 is 23.6 Å². The lowest BCUT2D eigenvalue weighted by Crippen LogP contribution is -2.37. The number of nitrogens with two attached hydrogens (primary N) is 1. The van der Waals surface area contributed by atoms with Crippen LogP contribution in [0.2, 0.25) is 0 Å².